The van der Waals surface area contributed by atoms with Crippen LogP contribution < -0.4 is 4.72 Å². The largest absolute Gasteiger partial charge is 0.260 e. The Morgan fingerprint density at radius 3 is 2.76 bits per heavy atom. The highest BCUT2D eigenvalue weighted by Crippen LogP contribution is 2.12. The molecule has 0 saturated carbocycles. The van der Waals surface area contributed by atoms with Gasteiger partial charge in [-0.25, -0.2) is 18.1 Å². The fourth-order valence-corrected chi connectivity index (χ4v) is 2.78. The van der Waals surface area contributed by atoms with Crippen molar-refractivity contribution >= 4 is 32.4 Å². The number of rotatable bonds is 5. The van der Waals surface area contributed by atoms with Crippen LogP contribution in [0.25, 0.3) is 0 Å². The number of aromatic nitrogens is 1. The summed E-state index contributed by atoms with van der Waals surface area (Å²) in [5.41, 5.74) is 0. The van der Waals surface area contributed by atoms with Crippen LogP contribution in [0, 0.1) is 0 Å². The molecule has 2 atom stereocenters. The van der Waals surface area contributed by atoms with Gasteiger partial charge in [0.2, 0.25) is 10.0 Å². The van der Waals surface area contributed by atoms with E-state index < -0.39 is 20.8 Å². The predicted molar refractivity (Wildman–Crippen MR) is 68.0 cm³/mol. The monoisotopic (exact) mass is 296 g/mol. The van der Waals surface area contributed by atoms with Crippen LogP contribution in [0.1, 0.15) is 6.92 Å². The molecule has 17 heavy (non-hydrogen) atoms. The van der Waals surface area contributed by atoms with Crippen LogP contribution in [0.5, 0.6) is 0 Å². The molecule has 1 N–H and O–H groups in total. The predicted octanol–water partition coefficient (Wildman–Crippen LogP) is 0.780. The minimum absolute atomic E-state index is 0.0478. The molecule has 0 aliphatic carbocycles. The molecule has 5 nitrogen and oxygen atoms in total. The van der Waals surface area contributed by atoms with E-state index in [-0.39, 0.29) is 21.8 Å². The molecule has 0 aromatic carbocycles. The van der Waals surface area contributed by atoms with Crippen molar-refractivity contribution in [3.63, 3.8) is 0 Å². The van der Waals surface area contributed by atoms with Gasteiger partial charge >= 0.3 is 0 Å². The summed E-state index contributed by atoms with van der Waals surface area (Å²) in [6.07, 6.45) is 2.85. The van der Waals surface area contributed by atoms with Gasteiger partial charge in [0.25, 0.3) is 0 Å². The summed E-state index contributed by atoms with van der Waals surface area (Å²) in [5.74, 6) is 0. The number of sulfonamides is 1. The summed E-state index contributed by atoms with van der Waals surface area (Å²) in [6, 6.07) is 2.61. The highest BCUT2D eigenvalue weighted by atomic mass is 35.5. The molecule has 1 aromatic rings. The van der Waals surface area contributed by atoms with Crippen molar-refractivity contribution in [2.24, 2.45) is 0 Å². The normalized spacial score (nSPS) is 15.5. The molecule has 0 bridgehead atoms. The molecular formula is C9H13ClN2O3S2. The minimum Gasteiger partial charge on any atom is -0.260 e. The van der Waals surface area contributed by atoms with Gasteiger partial charge in [-0.2, -0.15) is 0 Å². The Morgan fingerprint density at radius 1 is 1.59 bits per heavy atom. The third-order valence-corrected chi connectivity index (χ3v) is 5.06. The lowest BCUT2D eigenvalue weighted by atomic mass is 10.5. The Balaban J connectivity index is 2.79. The zero-order chi connectivity index (χ0) is 13.1. The van der Waals surface area contributed by atoms with E-state index in [1.165, 1.54) is 24.6 Å². The Kier molecular flexibility index (Phi) is 5.05. The molecule has 96 valence electrons. The van der Waals surface area contributed by atoms with Crippen molar-refractivity contribution in [3.8, 4) is 0 Å². The first-order chi connectivity index (χ1) is 7.83. The van der Waals surface area contributed by atoms with Gasteiger partial charge in [-0.1, -0.05) is 11.6 Å². The fourth-order valence-electron chi connectivity index (χ4n) is 0.980. The maximum Gasteiger partial charge on any atom is 0.240 e. The van der Waals surface area contributed by atoms with Crippen molar-refractivity contribution in [1.82, 2.24) is 9.71 Å². The van der Waals surface area contributed by atoms with Gasteiger partial charge in [-0.3, -0.25) is 4.21 Å². The molecule has 1 aromatic heterocycles. The van der Waals surface area contributed by atoms with Crippen molar-refractivity contribution in [2.75, 3.05) is 12.8 Å². The van der Waals surface area contributed by atoms with Crippen molar-refractivity contribution in [3.05, 3.63) is 23.5 Å². The highest BCUT2D eigenvalue weighted by molar-refractivity contribution is 7.89. The van der Waals surface area contributed by atoms with Crippen molar-refractivity contribution < 1.29 is 12.6 Å². The van der Waals surface area contributed by atoms with Gasteiger partial charge in [0, 0.05) is 35.0 Å². The van der Waals surface area contributed by atoms with E-state index >= 15 is 0 Å². The molecule has 0 aliphatic heterocycles. The Bertz CT molecular complexity index is 519. The molecule has 0 amide bonds. The number of nitrogens with zero attached hydrogens (tertiary/aromatic N) is 1. The quantitative estimate of drug-likeness (QED) is 0.815. The maximum absolute atomic E-state index is 11.8. The minimum atomic E-state index is -3.62. The molecule has 0 aliphatic rings. The Morgan fingerprint density at radius 2 is 2.24 bits per heavy atom. The van der Waals surface area contributed by atoms with E-state index in [4.69, 9.17) is 11.6 Å². The molecule has 2 unspecified atom stereocenters. The number of hydrogen-bond donors (Lipinski definition) is 1. The molecular weight excluding hydrogens is 284 g/mol. The highest BCUT2D eigenvalue weighted by Gasteiger charge is 2.16. The van der Waals surface area contributed by atoms with Gasteiger partial charge < -0.3 is 0 Å². The van der Waals surface area contributed by atoms with E-state index in [1.54, 1.807) is 6.92 Å². The first kappa shape index (κ1) is 14.6. The summed E-state index contributed by atoms with van der Waals surface area (Å²) < 4.78 is 37.1. The first-order valence-electron chi connectivity index (χ1n) is 4.76. The fraction of sp³-hybridized carbons (Fsp3) is 0.444. The van der Waals surface area contributed by atoms with Crippen LogP contribution in [0.4, 0.5) is 0 Å². The molecule has 1 rings (SSSR count). The summed E-state index contributed by atoms with van der Waals surface area (Å²) in [7, 11) is -4.69. The summed E-state index contributed by atoms with van der Waals surface area (Å²) in [4.78, 5) is 3.75. The lowest BCUT2D eigenvalue weighted by molar-refractivity contribution is 0.580. The lowest BCUT2D eigenvalue weighted by Gasteiger charge is -2.10. The maximum atomic E-state index is 11.8. The van der Waals surface area contributed by atoms with Crippen LogP contribution in [0.2, 0.25) is 5.15 Å². The summed E-state index contributed by atoms with van der Waals surface area (Å²) in [6.45, 7) is 1.82. The van der Waals surface area contributed by atoms with Gasteiger partial charge in [0.05, 0.1) is 4.90 Å². The van der Waals surface area contributed by atoms with E-state index in [0.717, 1.165) is 0 Å². The smallest absolute Gasteiger partial charge is 0.240 e. The molecule has 0 saturated heterocycles. The van der Waals surface area contributed by atoms with E-state index in [9.17, 15) is 12.6 Å². The van der Waals surface area contributed by atoms with Crippen LogP contribution in [-0.4, -0.2) is 35.7 Å². The van der Waals surface area contributed by atoms with Gasteiger partial charge in [0.15, 0.2) is 0 Å². The lowest BCUT2D eigenvalue weighted by Crippen LogP contribution is -2.32. The SMILES string of the molecule is CC(CNS(=O)(=O)c1ccnc(Cl)c1)S(C)=O. The number of halogens is 1. The van der Waals surface area contributed by atoms with Crippen LogP contribution >= 0.6 is 11.6 Å². The topological polar surface area (TPSA) is 76.1 Å². The Hall–Kier alpha value is -0.500. The first-order valence-corrected chi connectivity index (χ1v) is 8.24. The molecule has 0 radical (unpaired) electrons. The van der Waals surface area contributed by atoms with Gasteiger partial charge in [-0.15, -0.1) is 0 Å². The van der Waals surface area contributed by atoms with Crippen LogP contribution in [-0.2, 0) is 20.8 Å². The van der Waals surface area contributed by atoms with E-state index in [1.807, 2.05) is 0 Å². The number of nitrogens with one attached hydrogen (secondary N) is 1. The van der Waals surface area contributed by atoms with E-state index in [2.05, 4.69) is 9.71 Å². The molecule has 1 heterocycles. The third kappa shape index (κ3) is 4.34. The third-order valence-electron chi connectivity index (χ3n) is 2.14. The van der Waals surface area contributed by atoms with Crippen LogP contribution in [0.15, 0.2) is 23.2 Å². The number of hydrogen-bond acceptors (Lipinski definition) is 4. The second kappa shape index (κ2) is 5.90. The van der Waals surface area contributed by atoms with Gasteiger partial charge in [0.1, 0.15) is 5.15 Å². The van der Waals surface area contributed by atoms with E-state index in [0.29, 0.717) is 0 Å². The number of pyridine rings is 1. The zero-order valence-corrected chi connectivity index (χ0v) is 11.8. The zero-order valence-electron chi connectivity index (χ0n) is 9.38. The Labute approximate surface area is 108 Å². The average Bonchev–Trinajstić information content (AvgIpc) is 2.26. The average molecular weight is 297 g/mol. The second-order valence-corrected chi connectivity index (χ2v) is 7.43. The van der Waals surface area contributed by atoms with Crippen molar-refractivity contribution in [2.45, 2.75) is 17.1 Å². The second-order valence-electron chi connectivity index (χ2n) is 3.48. The van der Waals surface area contributed by atoms with Crippen molar-refractivity contribution in [1.29, 1.82) is 0 Å². The molecule has 0 fully saturated rings. The standard InChI is InChI=1S/C9H13ClN2O3S2/c1-7(16(2)13)6-12-17(14,15)8-3-4-11-9(10)5-8/h3-5,7,12H,6H2,1-2H3. The summed E-state index contributed by atoms with van der Waals surface area (Å²) in [5, 5.41) is -0.137. The molecule has 0 spiro atoms. The van der Waals surface area contributed by atoms with Crippen LogP contribution in [0.3, 0.4) is 0 Å². The van der Waals surface area contributed by atoms with Gasteiger partial charge in [-0.05, 0) is 19.1 Å². The summed E-state index contributed by atoms with van der Waals surface area (Å²) >= 11 is 5.61. The molecule has 8 heteroatoms.